The minimum absolute atomic E-state index is 0. The van der Waals surface area contributed by atoms with Crippen LogP contribution < -0.4 is 5.73 Å². The molecule has 4 heteroatoms. The van der Waals surface area contributed by atoms with Crippen molar-refractivity contribution < 1.29 is 4.79 Å². The highest BCUT2D eigenvalue weighted by atomic mass is 35.5. The highest BCUT2D eigenvalue weighted by Crippen LogP contribution is 2.31. The third kappa shape index (κ3) is 4.36. The lowest BCUT2D eigenvalue weighted by molar-refractivity contribution is -0.133. The Morgan fingerprint density at radius 1 is 1.15 bits per heavy atom. The molecule has 0 aliphatic heterocycles. The van der Waals surface area contributed by atoms with E-state index in [2.05, 4.69) is 6.92 Å². The summed E-state index contributed by atoms with van der Waals surface area (Å²) in [5, 5.41) is 0. The zero-order chi connectivity index (χ0) is 13.8. The first kappa shape index (κ1) is 17.8. The summed E-state index contributed by atoms with van der Waals surface area (Å²) in [6, 6.07) is 0.737. The van der Waals surface area contributed by atoms with Gasteiger partial charge in [0.25, 0.3) is 0 Å². The zero-order valence-electron chi connectivity index (χ0n) is 13.0. The van der Waals surface area contributed by atoms with Crippen LogP contribution in [0.5, 0.6) is 0 Å². The van der Waals surface area contributed by atoms with Gasteiger partial charge in [-0.3, -0.25) is 4.79 Å². The highest BCUT2D eigenvalue weighted by molar-refractivity contribution is 5.85. The fourth-order valence-corrected chi connectivity index (χ4v) is 3.83. The molecule has 2 fully saturated rings. The number of halogens is 1. The summed E-state index contributed by atoms with van der Waals surface area (Å²) in [7, 11) is 2.00. The van der Waals surface area contributed by atoms with Crippen LogP contribution in [0.2, 0.25) is 0 Å². The molecule has 0 saturated heterocycles. The summed E-state index contributed by atoms with van der Waals surface area (Å²) in [6.07, 6.45) is 10.4. The molecule has 3 nitrogen and oxygen atoms in total. The number of carbonyl (C=O) groups excluding carboxylic acids is 1. The van der Waals surface area contributed by atoms with Crippen LogP contribution in [-0.4, -0.2) is 29.9 Å². The molecule has 2 saturated carbocycles. The van der Waals surface area contributed by atoms with Gasteiger partial charge in [-0.15, -0.1) is 12.4 Å². The van der Waals surface area contributed by atoms with E-state index in [1.54, 1.807) is 0 Å². The number of nitrogens with zero attached hydrogens (tertiary/aromatic N) is 1. The molecular formula is C16H31ClN2O. The van der Waals surface area contributed by atoms with E-state index in [1.807, 2.05) is 11.9 Å². The Morgan fingerprint density at radius 3 is 2.30 bits per heavy atom. The summed E-state index contributed by atoms with van der Waals surface area (Å²) in [5.41, 5.74) is 6.07. The fraction of sp³-hybridized carbons (Fsp3) is 0.938. The number of hydrogen-bond donors (Lipinski definition) is 1. The standard InChI is InChI=1S/C16H30N2O.ClH/c1-3-12-7-9-14(10-8-12)18(2)16(19)11-13-5-4-6-15(13)17;/h12-15H,3-11,17H2,1-2H3;1H/t12?,13-,14?,15+;/m0./s1. The zero-order valence-corrected chi connectivity index (χ0v) is 13.8. The molecule has 0 radical (unpaired) electrons. The van der Waals surface area contributed by atoms with Crippen LogP contribution in [0.3, 0.4) is 0 Å². The largest absolute Gasteiger partial charge is 0.343 e. The van der Waals surface area contributed by atoms with Gasteiger partial charge in [0.15, 0.2) is 0 Å². The van der Waals surface area contributed by atoms with Gasteiger partial charge in [-0.2, -0.15) is 0 Å². The smallest absolute Gasteiger partial charge is 0.222 e. The van der Waals surface area contributed by atoms with Gasteiger partial charge in [-0.05, 0) is 50.4 Å². The van der Waals surface area contributed by atoms with E-state index in [-0.39, 0.29) is 18.4 Å². The van der Waals surface area contributed by atoms with E-state index in [1.165, 1.54) is 38.5 Å². The summed E-state index contributed by atoms with van der Waals surface area (Å²) in [5.74, 6) is 1.65. The Bertz CT molecular complexity index is 303. The molecule has 2 aliphatic carbocycles. The van der Waals surface area contributed by atoms with Gasteiger partial charge in [0.05, 0.1) is 0 Å². The maximum absolute atomic E-state index is 12.4. The number of rotatable bonds is 4. The molecule has 20 heavy (non-hydrogen) atoms. The van der Waals surface area contributed by atoms with E-state index in [4.69, 9.17) is 5.73 Å². The van der Waals surface area contributed by atoms with Crippen LogP contribution >= 0.6 is 12.4 Å². The lowest BCUT2D eigenvalue weighted by Gasteiger charge is -2.35. The van der Waals surface area contributed by atoms with Crippen molar-refractivity contribution in [1.29, 1.82) is 0 Å². The van der Waals surface area contributed by atoms with Crippen molar-refractivity contribution in [3.8, 4) is 0 Å². The molecule has 1 amide bonds. The third-order valence-corrected chi connectivity index (χ3v) is 5.49. The minimum Gasteiger partial charge on any atom is -0.343 e. The van der Waals surface area contributed by atoms with Crippen molar-refractivity contribution in [3.05, 3.63) is 0 Å². The molecule has 2 rings (SSSR count). The van der Waals surface area contributed by atoms with Crippen LogP contribution in [0.25, 0.3) is 0 Å². The maximum Gasteiger partial charge on any atom is 0.222 e. The number of hydrogen-bond acceptors (Lipinski definition) is 2. The number of carbonyl (C=O) groups is 1. The van der Waals surface area contributed by atoms with E-state index >= 15 is 0 Å². The molecule has 2 N–H and O–H groups in total. The first-order valence-corrected chi connectivity index (χ1v) is 8.13. The van der Waals surface area contributed by atoms with Gasteiger partial charge < -0.3 is 10.6 Å². The van der Waals surface area contributed by atoms with Crippen LogP contribution in [-0.2, 0) is 4.79 Å². The molecule has 2 atom stereocenters. The highest BCUT2D eigenvalue weighted by Gasteiger charge is 2.30. The lowest BCUT2D eigenvalue weighted by Crippen LogP contribution is -2.41. The Labute approximate surface area is 130 Å². The van der Waals surface area contributed by atoms with Crippen molar-refractivity contribution in [2.75, 3.05) is 7.05 Å². The van der Waals surface area contributed by atoms with Crippen LogP contribution in [0, 0.1) is 11.8 Å². The lowest BCUT2D eigenvalue weighted by atomic mass is 9.84. The van der Waals surface area contributed by atoms with Crippen LogP contribution in [0.1, 0.15) is 64.7 Å². The molecule has 0 unspecified atom stereocenters. The maximum atomic E-state index is 12.4. The van der Waals surface area contributed by atoms with Crippen LogP contribution in [0.4, 0.5) is 0 Å². The van der Waals surface area contributed by atoms with E-state index < -0.39 is 0 Å². The topological polar surface area (TPSA) is 46.3 Å². The molecule has 118 valence electrons. The summed E-state index contributed by atoms with van der Waals surface area (Å²) in [4.78, 5) is 14.4. The second-order valence-electron chi connectivity index (χ2n) is 6.65. The Balaban J connectivity index is 0.00000200. The molecule has 0 aromatic carbocycles. The molecule has 0 heterocycles. The minimum atomic E-state index is 0. The Kier molecular flexibility index (Phi) is 7.32. The average molecular weight is 303 g/mol. The normalized spacial score (nSPS) is 33.5. The van der Waals surface area contributed by atoms with Gasteiger partial charge in [0.2, 0.25) is 5.91 Å². The number of nitrogens with two attached hydrogens (primary N) is 1. The predicted octanol–water partition coefficient (Wildman–Crippen LogP) is 3.35. The monoisotopic (exact) mass is 302 g/mol. The average Bonchev–Trinajstić information content (AvgIpc) is 2.83. The molecular weight excluding hydrogens is 272 g/mol. The quantitative estimate of drug-likeness (QED) is 0.865. The Hall–Kier alpha value is -0.280. The Morgan fingerprint density at radius 2 is 1.80 bits per heavy atom. The molecule has 0 bridgehead atoms. The SMILES string of the molecule is CCC1CCC(N(C)C(=O)C[C@@H]2CCC[C@H]2N)CC1.Cl. The fourth-order valence-electron chi connectivity index (χ4n) is 3.83. The van der Waals surface area contributed by atoms with Crippen molar-refractivity contribution in [3.63, 3.8) is 0 Å². The molecule has 0 aromatic rings. The van der Waals surface area contributed by atoms with Crippen molar-refractivity contribution in [1.82, 2.24) is 4.90 Å². The van der Waals surface area contributed by atoms with E-state index in [0.29, 0.717) is 24.3 Å². The van der Waals surface area contributed by atoms with Gasteiger partial charge in [-0.1, -0.05) is 19.8 Å². The summed E-state index contributed by atoms with van der Waals surface area (Å²) in [6.45, 7) is 2.28. The van der Waals surface area contributed by atoms with Gasteiger partial charge in [0.1, 0.15) is 0 Å². The van der Waals surface area contributed by atoms with Gasteiger partial charge in [0, 0.05) is 25.6 Å². The van der Waals surface area contributed by atoms with Crippen molar-refractivity contribution >= 4 is 18.3 Å². The van der Waals surface area contributed by atoms with E-state index in [0.717, 1.165) is 18.8 Å². The molecule has 2 aliphatic rings. The second-order valence-corrected chi connectivity index (χ2v) is 6.65. The van der Waals surface area contributed by atoms with Crippen LogP contribution in [0.15, 0.2) is 0 Å². The second kappa shape index (κ2) is 8.23. The van der Waals surface area contributed by atoms with Gasteiger partial charge >= 0.3 is 0 Å². The summed E-state index contributed by atoms with van der Waals surface area (Å²) < 4.78 is 0. The van der Waals surface area contributed by atoms with Crippen molar-refractivity contribution in [2.24, 2.45) is 17.6 Å². The van der Waals surface area contributed by atoms with E-state index in [9.17, 15) is 4.79 Å². The summed E-state index contributed by atoms with van der Waals surface area (Å²) >= 11 is 0. The molecule has 0 aromatic heterocycles. The van der Waals surface area contributed by atoms with Crippen molar-refractivity contribution in [2.45, 2.75) is 76.8 Å². The first-order valence-electron chi connectivity index (χ1n) is 8.13. The third-order valence-electron chi connectivity index (χ3n) is 5.49. The molecule has 0 spiro atoms. The number of amides is 1. The predicted molar refractivity (Wildman–Crippen MR) is 86.0 cm³/mol. The first-order chi connectivity index (χ1) is 9.11. The van der Waals surface area contributed by atoms with Gasteiger partial charge in [-0.25, -0.2) is 0 Å².